The molecule has 2 aliphatic rings. The molecule has 2 aromatic rings. The quantitative estimate of drug-likeness (QED) is 0.600. The molecule has 1 fully saturated rings. The Morgan fingerprint density at radius 2 is 1.76 bits per heavy atom. The SMILES string of the molecule is O=C(NCCN1CCCC1=O)c1ccc2c(c1)CNCCCCCCCN2C(=O)COc1ccccc1. The first-order valence-corrected chi connectivity index (χ1v) is 13.5. The number of hydrogen-bond donors (Lipinski definition) is 2. The molecule has 37 heavy (non-hydrogen) atoms. The minimum Gasteiger partial charge on any atom is -0.484 e. The van der Waals surface area contributed by atoms with Gasteiger partial charge in [0.05, 0.1) is 0 Å². The van der Waals surface area contributed by atoms with E-state index in [0.717, 1.165) is 62.9 Å². The van der Waals surface area contributed by atoms with E-state index < -0.39 is 0 Å². The first kappa shape index (κ1) is 26.7. The van der Waals surface area contributed by atoms with Gasteiger partial charge in [0.15, 0.2) is 6.61 Å². The van der Waals surface area contributed by atoms with Gasteiger partial charge in [0.2, 0.25) is 5.91 Å². The number of fused-ring (bicyclic) bond motifs is 1. The van der Waals surface area contributed by atoms with Gasteiger partial charge in [0.1, 0.15) is 5.75 Å². The molecule has 0 saturated carbocycles. The Hall–Kier alpha value is -3.39. The third kappa shape index (κ3) is 7.79. The van der Waals surface area contributed by atoms with Crippen molar-refractivity contribution in [3.63, 3.8) is 0 Å². The molecular formula is C29H38N4O4. The third-order valence-electron chi connectivity index (χ3n) is 6.93. The Morgan fingerprint density at radius 1 is 0.946 bits per heavy atom. The number of benzene rings is 2. The number of rotatable bonds is 7. The molecule has 2 aliphatic heterocycles. The van der Waals surface area contributed by atoms with Gasteiger partial charge < -0.3 is 25.2 Å². The Balaban J connectivity index is 1.47. The minimum atomic E-state index is -0.175. The number of likely N-dealkylation sites (tertiary alicyclic amines) is 1. The summed E-state index contributed by atoms with van der Waals surface area (Å²) in [5, 5.41) is 6.42. The zero-order valence-electron chi connectivity index (χ0n) is 21.5. The molecule has 0 aliphatic carbocycles. The van der Waals surface area contributed by atoms with Crippen LogP contribution in [-0.2, 0) is 16.1 Å². The van der Waals surface area contributed by atoms with Gasteiger partial charge in [-0.25, -0.2) is 0 Å². The molecule has 198 valence electrons. The molecule has 0 spiro atoms. The molecule has 2 heterocycles. The Bertz CT molecular complexity index is 1060. The predicted octanol–water partition coefficient (Wildman–Crippen LogP) is 3.50. The molecule has 0 unspecified atom stereocenters. The summed E-state index contributed by atoms with van der Waals surface area (Å²) in [7, 11) is 0. The summed E-state index contributed by atoms with van der Waals surface area (Å²) in [5.41, 5.74) is 2.28. The maximum Gasteiger partial charge on any atom is 0.264 e. The maximum atomic E-state index is 13.3. The van der Waals surface area contributed by atoms with Gasteiger partial charge in [-0.05, 0) is 61.7 Å². The number of carbonyl (C=O) groups excluding carboxylic acids is 3. The van der Waals surface area contributed by atoms with Crippen LogP contribution in [0.25, 0.3) is 0 Å². The Kier molecular flexibility index (Phi) is 9.94. The van der Waals surface area contributed by atoms with E-state index in [-0.39, 0.29) is 24.3 Å². The van der Waals surface area contributed by atoms with Crippen LogP contribution in [0, 0.1) is 0 Å². The number of hydrogen-bond acceptors (Lipinski definition) is 5. The van der Waals surface area contributed by atoms with Crippen molar-refractivity contribution >= 4 is 23.4 Å². The van der Waals surface area contributed by atoms with E-state index in [9.17, 15) is 14.4 Å². The molecule has 1 saturated heterocycles. The van der Waals surface area contributed by atoms with Gasteiger partial charge >= 0.3 is 0 Å². The second-order valence-corrected chi connectivity index (χ2v) is 9.68. The van der Waals surface area contributed by atoms with Gasteiger partial charge in [-0.1, -0.05) is 37.5 Å². The van der Waals surface area contributed by atoms with Crippen LogP contribution in [0.3, 0.4) is 0 Å². The van der Waals surface area contributed by atoms with E-state index in [1.54, 1.807) is 11.0 Å². The van der Waals surface area contributed by atoms with Crippen molar-refractivity contribution in [3.05, 3.63) is 59.7 Å². The van der Waals surface area contributed by atoms with Crippen LogP contribution in [0.4, 0.5) is 5.69 Å². The van der Waals surface area contributed by atoms with Crippen LogP contribution in [0.15, 0.2) is 48.5 Å². The highest BCUT2D eigenvalue weighted by Crippen LogP contribution is 2.25. The van der Waals surface area contributed by atoms with Gasteiger partial charge in [0.25, 0.3) is 11.8 Å². The Labute approximate surface area is 219 Å². The number of ether oxygens (including phenoxy) is 1. The smallest absolute Gasteiger partial charge is 0.264 e. The van der Waals surface area contributed by atoms with Crippen LogP contribution < -0.4 is 20.3 Å². The van der Waals surface area contributed by atoms with Crippen LogP contribution in [0.2, 0.25) is 0 Å². The number of amides is 3. The predicted molar refractivity (Wildman–Crippen MR) is 144 cm³/mol. The van der Waals surface area contributed by atoms with Crippen LogP contribution in [0.5, 0.6) is 5.75 Å². The van der Waals surface area contributed by atoms with Gasteiger partial charge in [0, 0.05) is 50.4 Å². The van der Waals surface area contributed by atoms with E-state index in [1.807, 2.05) is 47.4 Å². The van der Waals surface area contributed by atoms with Gasteiger partial charge in [-0.15, -0.1) is 0 Å². The highest BCUT2D eigenvalue weighted by atomic mass is 16.5. The fourth-order valence-electron chi connectivity index (χ4n) is 4.87. The molecule has 2 aromatic carbocycles. The maximum absolute atomic E-state index is 13.3. The zero-order valence-corrected chi connectivity index (χ0v) is 21.5. The summed E-state index contributed by atoms with van der Waals surface area (Å²) in [6, 6.07) is 14.9. The Morgan fingerprint density at radius 3 is 2.57 bits per heavy atom. The molecule has 3 amide bonds. The number of anilines is 1. The monoisotopic (exact) mass is 506 g/mol. The molecule has 2 N–H and O–H groups in total. The molecule has 0 atom stereocenters. The summed E-state index contributed by atoms with van der Waals surface area (Å²) < 4.78 is 5.77. The first-order valence-electron chi connectivity index (χ1n) is 13.5. The highest BCUT2D eigenvalue weighted by molar-refractivity contribution is 5.98. The lowest BCUT2D eigenvalue weighted by molar-refractivity contribution is -0.127. The summed E-state index contributed by atoms with van der Waals surface area (Å²) >= 11 is 0. The van der Waals surface area contributed by atoms with Crippen molar-refractivity contribution in [1.82, 2.24) is 15.5 Å². The zero-order chi connectivity index (χ0) is 25.9. The van der Waals surface area contributed by atoms with Crippen molar-refractivity contribution in [2.24, 2.45) is 0 Å². The van der Waals surface area contributed by atoms with Crippen molar-refractivity contribution in [2.75, 3.05) is 44.2 Å². The second-order valence-electron chi connectivity index (χ2n) is 9.68. The molecule has 0 aromatic heterocycles. The first-order chi connectivity index (χ1) is 18.1. The van der Waals surface area contributed by atoms with Crippen LogP contribution >= 0.6 is 0 Å². The van der Waals surface area contributed by atoms with E-state index in [2.05, 4.69) is 10.6 Å². The molecule has 8 heteroatoms. The summed E-state index contributed by atoms with van der Waals surface area (Å²) in [5.74, 6) is 0.538. The van der Waals surface area contributed by atoms with Crippen molar-refractivity contribution in [2.45, 2.75) is 51.5 Å². The van der Waals surface area contributed by atoms with Gasteiger partial charge in [-0.2, -0.15) is 0 Å². The summed E-state index contributed by atoms with van der Waals surface area (Å²) in [6.45, 7) is 3.74. The number of nitrogens with zero attached hydrogens (tertiary/aromatic N) is 2. The minimum absolute atomic E-state index is 0.0473. The fraction of sp³-hybridized carbons (Fsp3) is 0.483. The van der Waals surface area contributed by atoms with E-state index in [1.165, 1.54) is 0 Å². The molecule has 4 rings (SSSR count). The van der Waals surface area contributed by atoms with Crippen molar-refractivity contribution in [1.29, 1.82) is 0 Å². The lowest BCUT2D eigenvalue weighted by Crippen LogP contribution is -2.37. The largest absolute Gasteiger partial charge is 0.484 e. The van der Waals surface area contributed by atoms with E-state index in [0.29, 0.717) is 43.9 Å². The number of carbonyl (C=O) groups is 3. The average Bonchev–Trinajstić information content (AvgIpc) is 3.32. The molecular weight excluding hydrogens is 468 g/mol. The van der Waals surface area contributed by atoms with Gasteiger partial charge in [-0.3, -0.25) is 14.4 Å². The lowest BCUT2D eigenvalue weighted by atomic mass is 10.0. The lowest BCUT2D eigenvalue weighted by Gasteiger charge is -2.27. The average molecular weight is 507 g/mol. The van der Waals surface area contributed by atoms with Crippen LogP contribution in [-0.4, -0.2) is 62.0 Å². The normalized spacial score (nSPS) is 16.9. The molecule has 8 nitrogen and oxygen atoms in total. The molecule has 0 radical (unpaired) electrons. The standard InChI is InChI=1S/C29H38N4O4/c34-27-12-9-17-32(27)19-16-31-29(36)23-13-14-26-24(20-23)21-30-15-7-2-1-3-8-18-33(26)28(35)22-37-25-10-5-4-6-11-25/h4-6,10-11,13-14,20,30H,1-3,7-9,12,15-19,21-22H2,(H,31,36). The topological polar surface area (TPSA) is 91.0 Å². The van der Waals surface area contributed by atoms with Crippen molar-refractivity contribution < 1.29 is 19.1 Å². The van der Waals surface area contributed by atoms with Crippen molar-refractivity contribution in [3.8, 4) is 5.75 Å². The van der Waals surface area contributed by atoms with E-state index in [4.69, 9.17) is 4.74 Å². The summed E-state index contributed by atoms with van der Waals surface area (Å²) in [6.07, 6.45) is 6.89. The summed E-state index contributed by atoms with van der Waals surface area (Å²) in [4.78, 5) is 41.7. The second kappa shape index (κ2) is 13.8. The third-order valence-corrected chi connectivity index (χ3v) is 6.93. The fourth-order valence-corrected chi connectivity index (χ4v) is 4.87. The highest BCUT2D eigenvalue weighted by Gasteiger charge is 2.22. The molecule has 0 bridgehead atoms. The van der Waals surface area contributed by atoms with Crippen LogP contribution in [0.1, 0.15) is 60.9 Å². The number of nitrogens with one attached hydrogen (secondary N) is 2. The van der Waals surface area contributed by atoms with E-state index >= 15 is 0 Å². The number of para-hydroxylation sites is 1.